The van der Waals surface area contributed by atoms with E-state index in [0.29, 0.717) is 25.4 Å². The van der Waals surface area contributed by atoms with Crippen molar-refractivity contribution < 1.29 is 27.2 Å². The van der Waals surface area contributed by atoms with Gasteiger partial charge in [0.1, 0.15) is 12.4 Å². The summed E-state index contributed by atoms with van der Waals surface area (Å²) in [6.07, 6.45) is 3.34. The first-order valence-corrected chi connectivity index (χ1v) is 9.14. The van der Waals surface area contributed by atoms with Gasteiger partial charge >= 0.3 is 6.09 Å². The van der Waals surface area contributed by atoms with Crippen LogP contribution in [0, 0.1) is 0 Å². The summed E-state index contributed by atoms with van der Waals surface area (Å²) in [5, 5.41) is 0. The molecule has 1 saturated heterocycles. The van der Waals surface area contributed by atoms with Gasteiger partial charge in [-0.05, 0) is 18.2 Å². The Morgan fingerprint density at radius 3 is 2.71 bits per heavy atom. The van der Waals surface area contributed by atoms with E-state index >= 15 is 0 Å². The quantitative estimate of drug-likeness (QED) is 0.552. The molecule has 1 aliphatic rings. The Kier molecular flexibility index (Phi) is 6.38. The van der Waals surface area contributed by atoms with Gasteiger partial charge in [0.2, 0.25) is 0 Å². The summed E-state index contributed by atoms with van der Waals surface area (Å²) in [6.45, 7) is 1.41. The normalized spacial score (nSPS) is 17.5. The van der Waals surface area contributed by atoms with Gasteiger partial charge in [-0.1, -0.05) is 0 Å². The molecule has 9 nitrogen and oxygen atoms in total. The van der Waals surface area contributed by atoms with Crippen LogP contribution in [0.5, 0.6) is 0 Å². The summed E-state index contributed by atoms with van der Waals surface area (Å²) in [4.78, 5) is 24.8. The van der Waals surface area contributed by atoms with Crippen molar-refractivity contribution in [3.8, 4) is 0 Å². The van der Waals surface area contributed by atoms with E-state index in [0.717, 1.165) is 0 Å². The van der Waals surface area contributed by atoms with E-state index in [1.165, 1.54) is 18.4 Å². The average molecular weight is 357 g/mol. The van der Waals surface area contributed by atoms with Gasteiger partial charge < -0.3 is 9.15 Å². The van der Waals surface area contributed by atoms with Crippen molar-refractivity contribution >= 4 is 27.9 Å². The number of sulfone groups is 1. The molecule has 0 atom stereocenters. The van der Waals surface area contributed by atoms with E-state index in [1.54, 1.807) is 12.1 Å². The number of hydrogen-bond acceptors (Lipinski definition) is 7. The second-order valence-electron chi connectivity index (χ2n) is 5.09. The fraction of sp³-hybridized carbons (Fsp3) is 0.429. The summed E-state index contributed by atoms with van der Waals surface area (Å²) in [7, 11) is -2.92. The number of rotatable bonds is 5. The molecule has 2 rings (SSSR count). The highest BCUT2D eigenvalue weighted by Crippen LogP contribution is 2.03. The van der Waals surface area contributed by atoms with Gasteiger partial charge in [0.15, 0.2) is 9.84 Å². The molecule has 0 spiro atoms. The van der Waals surface area contributed by atoms with Crippen molar-refractivity contribution in [2.75, 3.05) is 37.7 Å². The molecule has 10 heteroatoms. The third kappa shape index (κ3) is 6.42. The molecule has 0 radical (unpaired) electrons. The second kappa shape index (κ2) is 8.50. The summed E-state index contributed by atoms with van der Waals surface area (Å²) < 4.78 is 32.5. The van der Waals surface area contributed by atoms with E-state index in [4.69, 9.17) is 9.15 Å². The highest BCUT2D eigenvalue weighted by molar-refractivity contribution is 7.91. The van der Waals surface area contributed by atoms with Crippen molar-refractivity contribution in [1.82, 2.24) is 15.8 Å². The Bertz CT molecular complexity index is 669. The fourth-order valence-corrected chi connectivity index (χ4v) is 3.25. The van der Waals surface area contributed by atoms with Crippen LogP contribution in [0.2, 0.25) is 0 Å². The summed E-state index contributed by atoms with van der Waals surface area (Å²) in [5.41, 5.74) is 4.27. The zero-order valence-corrected chi connectivity index (χ0v) is 13.8. The van der Waals surface area contributed by atoms with Crippen LogP contribution in [0.4, 0.5) is 4.79 Å². The van der Waals surface area contributed by atoms with Gasteiger partial charge in [-0.25, -0.2) is 18.6 Å². The maximum atomic E-state index is 11.4. The number of hydrogen-bond donors (Lipinski definition) is 2. The topological polar surface area (TPSA) is 118 Å². The molecule has 0 saturated carbocycles. The van der Waals surface area contributed by atoms with Gasteiger partial charge in [0.25, 0.3) is 5.91 Å². The van der Waals surface area contributed by atoms with Crippen LogP contribution in [0.3, 0.4) is 0 Å². The van der Waals surface area contributed by atoms with Crippen LogP contribution in [0.25, 0.3) is 6.08 Å². The maximum absolute atomic E-state index is 11.4. The second-order valence-corrected chi connectivity index (χ2v) is 7.40. The molecule has 1 aliphatic heterocycles. The van der Waals surface area contributed by atoms with Gasteiger partial charge in [-0.3, -0.25) is 15.1 Å². The number of nitrogens with zero attached hydrogens (tertiary/aromatic N) is 1. The largest absolute Gasteiger partial charge is 0.465 e. The first-order chi connectivity index (χ1) is 11.4. The molecule has 1 aromatic heterocycles. The van der Waals surface area contributed by atoms with E-state index in [-0.39, 0.29) is 18.1 Å². The van der Waals surface area contributed by atoms with Crippen LogP contribution >= 0.6 is 0 Å². The first kappa shape index (κ1) is 18.0. The van der Waals surface area contributed by atoms with E-state index in [9.17, 15) is 18.0 Å². The molecular weight excluding hydrogens is 338 g/mol. The third-order valence-electron chi connectivity index (χ3n) is 3.31. The summed E-state index contributed by atoms with van der Waals surface area (Å²) in [5.74, 6) is 0.218. The lowest BCUT2D eigenvalue weighted by Gasteiger charge is -2.25. The minimum Gasteiger partial charge on any atom is -0.465 e. The van der Waals surface area contributed by atoms with Gasteiger partial charge in [-0.15, -0.1) is 0 Å². The molecule has 0 aromatic carbocycles. The molecule has 0 unspecified atom stereocenters. The Hall–Kier alpha value is -2.33. The van der Waals surface area contributed by atoms with Crippen molar-refractivity contribution in [1.29, 1.82) is 0 Å². The molecule has 1 aromatic rings. The van der Waals surface area contributed by atoms with Crippen molar-refractivity contribution in [3.63, 3.8) is 0 Å². The van der Waals surface area contributed by atoms with Crippen molar-refractivity contribution in [2.45, 2.75) is 0 Å². The lowest BCUT2D eigenvalue weighted by atomic mass is 10.4. The minimum absolute atomic E-state index is 0.101. The predicted octanol–water partition coefficient (Wildman–Crippen LogP) is -0.219. The lowest BCUT2D eigenvalue weighted by molar-refractivity contribution is -0.117. The third-order valence-corrected chi connectivity index (χ3v) is 4.92. The molecule has 1 fully saturated rings. The first-order valence-electron chi connectivity index (χ1n) is 7.32. The number of furan rings is 1. The Balaban J connectivity index is 1.57. The Morgan fingerprint density at radius 1 is 1.29 bits per heavy atom. The Labute approximate surface area is 139 Å². The van der Waals surface area contributed by atoms with E-state index < -0.39 is 21.8 Å². The highest BCUT2D eigenvalue weighted by Gasteiger charge is 2.21. The highest BCUT2D eigenvalue weighted by atomic mass is 32.2. The standard InChI is InChI=1S/C14H19N3O6S/c18-13(4-3-12-2-1-8-22-12)15-16-14(19)23-9-5-17-6-10-24(20,21)11-7-17/h1-4,8H,5-7,9-11H2,(H,15,18)(H,16,19)/b4-3+. The molecule has 0 aliphatic carbocycles. The Morgan fingerprint density at radius 2 is 2.04 bits per heavy atom. The van der Waals surface area contributed by atoms with E-state index in [2.05, 4.69) is 10.9 Å². The number of carbonyl (C=O) groups is 2. The van der Waals surface area contributed by atoms with Crippen molar-refractivity contribution in [2.24, 2.45) is 0 Å². The van der Waals surface area contributed by atoms with Crippen LogP contribution in [-0.4, -0.2) is 63.1 Å². The molecule has 2 amide bonds. The zero-order valence-electron chi connectivity index (χ0n) is 12.9. The number of hydrazine groups is 1. The van der Waals surface area contributed by atoms with Gasteiger partial charge in [0, 0.05) is 25.7 Å². The van der Waals surface area contributed by atoms with Crippen LogP contribution in [0.1, 0.15) is 5.76 Å². The number of nitrogens with one attached hydrogen (secondary N) is 2. The summed E-state index contributed by atoms with van der Waals surface area (Å²) in [6, 6.07) is 3.36. The smallest absolute Gasteiger partial charge is 0.426 e. The average Bonchev–Trinajstić information content (AvgIpc) is 3.06. The molecule has 24 heavy (non-hydrogen) atoms. The minimum atomic E-state index is -2.92. The molecule has 2 N–H and O–H groups in total. The lowest BCUT2D eigenvalue weighted by Crippen LogP contribution is -2.44. The molecular formula is C14H19N3O6S. The van der Waals surface area contributed by atoms with Gasteiger partial charge in [-0.2, -0.15) is 0 Å². The zero-order chi connectivity index (χ0) is 17.4. The summed E-state index contributed by atoms with van der Waals surface area (Å²) >= 11 is 0. The predicted molar refractivity (Wildman–Crippen MR) is 85.5 cm³/mol. The number of amides is 2. The monoisotopic (exact) mass is 357 g/mol. The van der Waals surface area contributed by atoms with Crippen LogP contribution in [0.15, 0.2) is 28.9 Å². The molecule has 0 bridgehead atoms. The van der Waals surface area contributed by atoms with Crippen LogP contribution < -0.4 is 10.9 Å². The van der Waals surface area contributed by atoms with E-state index in [1.807, 2.05) is 4.90 Å². The maximum Gasteiger partial charge on any atom is 0.426 e. The SMILES string of the molecule is O=C(/C=C/c1ccco1)NNC(=O)OCCN1CCS(=O)(=O)CC1. The number of carbonyl (C=O) groups excluding carboxylic acids is 2. The van der Waals surface area contributed by atoms with Gasteiger partial charge in [0.05, 0.1) is 17.8 Å². The number of ether oxygens (including phenoxy) is 1. The fourth-order valence-electron chi connectivity index (χ4n) is 1.98. The molecule has 132 valence electrons. The van der Waals surface area contributed by atoms with Crippen molar-refractivity contribution in [3.05, 3.63) is 30.2 Å². The molecule has 2 heterocycles. The van der Waals surface area contributed by atoms with Crippen LogP contribution in [-0.2, 0) is 19.4 Å².